The fraction of sp³-hybridized carbons (Fsp3) is 0.211. The lowest BCUT2D eigenvalue weighted by atomic mass is 10.2. The van der Waals surface area contributed by atoms with Gasteiger partial charge in [0.05, 0.1) is 18.0 Å². The van der Waals surface area contributed by atoms with E-state index in [0.717, 1.165) is 15.6 Å². The topological polar surface area (TPSA) is 76.1 Å². The monoisotopic (exact) mass is 400 g/mol. The second-order valence-corrected chi connectivity index (χ2v) is 8.38. The van der Waals surface area contributed by atoms with Gasteiger partial charge in [0.1, 0.15) is 5.75 Å². The van der Waals surface area contributed by atoms with Crippen molar-refractivity contribution in [2.24, 2.45) is 0 Å². The lowest BCUT2D eigenvalue weighted by molar-refractivity contribution is -0.115. The highest BCUT2D eigenvalue weighted by Crippen LogP contribution is 2.32. The molecule has 0 saturated heterocycles. The summed E-state index contributed by atoms with van der Waals surface area (Å²) >= 11 is 2.79. The standard InChI is InChI=1S/C19H20N4O2S2/c1-12-9-10-16(25-3)15(11-12)21-17(24)13(2)26-19-23-22-18(27-19)20-14-7-5-4-6-8-14/h4-11,13H,1-3H3,(H,20,22)(H,21,24)/t13-/m0/s1. The molecule has 0 fully saturated rings. The van der Waals surface area contributed by atoms with Crippen molar-refractivity contribution >= 4 is 45.5 Å². The van der Waals surface area contributed by atoms with Crippen LogP contribution in [0, 0.1) is 6.92 Å². The highest BCUT2D eigenvalue weighted by Gasteiger charge is 2.19. The van der Waals surface area contributed by atoms with Crippen molar-refractivity contribution in [3.05, 3.63) is 54.1 Å². The number of carbonyl (C=O) groups excluding carboxylic acids is 1. The average Bonchev–Trinajstić information content (AvgIpc) is 3.09. The summed E-state index contributed by atoms with van der Waals surface area (Å²) in [5.74, 6) is 0.521. The van der Waals surface area contributed by atoms with Crippen LogP contribution >= 0.6 is 23.1 Å². The molecule has 0 spiro atoms. The predicted octanol–water partition coefficient (Wildman–Crippen LogP) is 4.72. The van der Waals surface area contributed by atoms with Gasteiger partial charge in [-0.3, -0.25) is 4.79 Å². The molecule has 0 aliphatic heterocycles. The Morgan fingerprint density at radius 3 is 2.70 bits per heavy atom. The molecule has 0 aliphatic rings. The van der Waals surface area contributed by atoms with Crippen LogP contribution in [0.15, 0.2) is 52.9 Å². The quantitative estimate of drug-likeness (QED) is 0.559. The number of ether oxygens (including phenoxy) is 1. The number of nitrogens with zero attached hydrogens (tertiary/aromatic N) is 2. The van der Waals surface area contributed by atoms with Crippen LogP contribution in [0.4, 0.5) is 16.5 Å². The number of amides is 1. The van der Waals surface area contributed by atoms with Gasteiger partial charge in [-0.2, -0.15) is 0 Å². The van der Waals surface area contributed by atoms with Crippen molar-refractivity contribution < 1.29 is 9.53 Å². The molecule has 2 N–H and O–H groups in total. The third kappa shape index (κ3) is 5.21. The van der Waals surface area contributed by atoms with E-state index in [9.17, 15) is 4.79 Å². The summed E-state index contributed by atoms with van der Waals surface area (Å²) in [5.41, 5.74) is 2.66. The first-order valence-corrected chi connectivity index (χ1v) is 10.0. The molecule has 1 aromatic heterocycles. The molecule has 0 unspecified atom stereocenters. The Bertz CT molecular complexity index is 915. The van der Waals surface area contributed by atoms with Gasteiger partial charge in [-0.25, -0.2) is 0 Å². The number of hydrogen-bond donors (Lipinski definition) is 2. The number of aromatic nitrogens is 2. The number of benzene rings is 2. The Labute approximate surface area is 166 Å². The van der Waals surface area contributed by atoms with Gasteiger partial charge in [-0.15, -0.1) is 10.2 Å². The highest BCUT2D eigenvalue weighted by molar-refractivity contribution is 8.02. The Kier molecular flexibility index (Phi) is 6.31. The van der Waals surface area contributed by atoms with Crippen molar-refractivity contribution in [1.82, 2.24) is 10.2 Å². The second-order valence-electron chi connectivity index (χ2n) is 5.82. The van der Waals surface area contributed by atoms with Crippen molar-refractivity contribution in [3.8, 4) is 5.75 Å². The van der Waals surface area contributed by atoms with Crippen molar-refractivity contribution in [2.75, 3.05) is 17.7 Å². The number of methoxy groups -OCH3 is 1. The van der Waals surface area contributed by atoms with E-state index in [1.165, 1.54) is 23.1 Å². The van der Waals surface area contributed by atoms with Crippen LogP contribution in [0.5, 0.6) is 5.75 Å². The summed E-state index contributed by atoms with van der Waals surface area (Å²) in [6.45, 7) is 3.81. The van der Waals surface area contributed by atoms with Crippen molar-refractivity contribution in [2.45, 2.75) is 23.4 Å². The summed E-state index contributed by atoms with van der Waals surface area (Å²) in [6.07, 6.45) is 0. The zero-order valence-corrected chi connectivity index (χ0v) is 16.9. The number of hydrogen-bond acceptors (Lipinski definition) is 7. The van der Waals surface area contributed by atoms with Gasteiger partial charge in [-0.05, 0) is 43.7 Å². The normalized spacial score (nSPS) is 11.7. The summed E-state index contributed by atoms with van der Waals surface area (Å²) in [5, 5.41) is 14.8. The van der Waals surface area contributed by atoms with Crippen LogP contribution in [0.25, 0.3) is 0 Å². The highest BCUT2D eigenvalue weighted by atomic mass is 32.2. The molecule has 8 heteroatoms. The minimum atomic E-state index is -0.326. The van der Waals surface area contributed by atoms with Gasteiger partial charge in [0.15, 0.2) is 4.34 Å². The maximum absolute atomic E-state index is 12.5. The molecule has 1 atom stereocenters. The van der Waals surface area contributed by atoms with E-state index in [4.69, 9.17) is 4.74 Å². The van der Waals surface area contributed by atoms with E-state index in [0.29, 0.717) is 16.6 Å². The van der Waals surface area contributed by atoms with Gasteiger partial charge in [0, 0.05) is 5.69 Å². The Balaban J connectivity index is 1.61. The maximum Gasteiger partial charge on any atom is 0.237 e. The van der Waals surface area contributed by atoms with Crippen molar-refractivity contribution in [1.29, 1.82) is 0 Å². The molecule has 0 aliphatic carbocycles. The van der Waals surface area contributed by atoms with Gasteiger partial charge in [0.25, 0.3) is 0 Å². The van der Waals surface area contributed by atoms with E-state index >= 15 is 0 Å². The Morgan fingerprint density at radius 2 is 1.96 bits per heavy atom. The lowest BCUT2D eigenvalue weighted by Crippen LogP contribution is -2.22. The molecule has 1 heterocycles. The zero-order chi connectivity index (χ0) is 19.2. The molecule has 0 bridgehead atoms. The van der Waals surface area contributed by atoms with Gasteiger partial charge < -0.3 is 15.4 Å². The smallest absolute Gasteiger partial charge is 0.237 e. The van der Waals surface area contributed by atoms with E-state index in [1.807, 2.05) is 62.4 Å². The molecule has 2 aromatic carbocycles. The van der Waals surface area contributed by atoms with Crippen LogP contribution < -0.4 is 15.4 Å². The van der Waals surface area contributed by atoms with Crippen LogP contribution in [-0.4, -0.2) is 28.5 Å². The van der Waals surface area contributed by atoms with Gasteiger partial charge in [0.2, 0.25) is 11.0 Å². The number of carbonyl (C=O) groups is 1. The fourth-order valence-electron chi connectivity index (χ4n) is 2.31. The Morgan fingerprint density at radius 1 is 1.19 bits per heavy atom. The molecule has 0 radical (unpaired) electrons. The molecular formula is C19H20N4O2S2. The molecule has 0 saturated carbocycles. The number of nitrogens with one attached hydrogen (secondary N) is 2. The van der Waals surface area contributed by atoms with Crippen LogP contribution in [-0.2, 0) is 4.79 Å². The summed E-state index contributed by atoms with van der Waals surface area (Å²) in [6, 6.07) is 15.4. The molecule has 3 rings (SSSR count). The third-order valence-corrected chi connectivity index (χ3v) is 5.71. The number of para-hydroxylation sites is 1. The molecule has 140 valence electrons. The predicted molar refractivity (Wildman–Crippen MR) is 111 cm³/mol. The van der Waals surface area contributed by atoms with Gasteiger partial charge in [-0.1, -0.05) is 47.4 Å². The van der Waals surface area contributed by atoms with Crippen molar-refractivity contribution in [3.63, 3.8) is 0 Å². The summed E-state index contributed by atoms with van der Waals surface area (Å²) in [4.78, 5) is 12.5. The molecule has 3 aromatic rings. The minimum Gasteiger partial charge on any atom is -0.495 e. The minimum absolute atomic E-state index is 0.114. The van der Waals surface area contributed by atoms with E-state index in [-0.39, 0.29) is 11.2 Å². The maximum atomic E-state index is 12.5. The molecule has 27 heavy (non-hydrogen) atoms. The lowest BCUT2D eigenvalue weighted by Gasteiger charge is -2.13. The van der Waals surface area contributed by atoms with Crippen LogP contribution in [0.2, 0.25) is 0 Å². The first-order chi connectivity index (χ1) is 13.0. The number of thioether (sulfide) groups is 1. The summed E-state index contributed by atoms with van der Waals surface area (Å²) < 4.78 is 6.04. The average molecular weight is 401 g/mol. The molecule has 1 amide bonds. The van der Waals surface area contributed by atoms with Crippen LogP contribution in [0.1, 0.15) is 12.5 Å². The second kappa shape index (κ2) is 8.88. The fourth-order valence-corrected chi connectivity index (χ4v) is 4.23. The molecular weight excluding hydrogens is 380 g/mol. The SMILES string of the molecule is COc1ccc(C)cc1NC(=O)[C@H](C)Sc1nnc(Nc2ccccc2)s1. The number of anilines is 3. The largest absolute Gasteiger partial charge is 0.495 e. The zero-order valence-electron chi connectivity index (χ0n) is 15.2. The Hall–Kier alpha value is -2.58. The number of aryl methyl sites for hydroxylation is 1. The third-order valence-electron chi connectivity index (χ3n) is 3.69. The van der Waals surface area contributed by atoms with Gasteiger partial charge >= 0.3 is 0 Å². The summed E-state index contributed by atoms with van der Waals surface area (Å²) in [7, 11) is 1.58. The first-order valence-electron chi connectivity index (χ1n) is 8.33. The van der Waals surface area contributed by atoms with E-state index in [2.05, 4.69) is 20.8 Å². The van der Waals surface area contributed by atoms with E-state index in [1.54, 1.807) is 7.11 Å². The number of rotatable bonds is 7. The van der Waals surface area contributed by atoms with E-state index < -0.39 is 0 Å². The molecule has 6 nitrogen and oxygen atoms in total. The first kappa shape index (κ1) is 19.2. The van der Waals surface area contributed by atoms with Crippen LogP contribution in [0.3, 0.4) is 0 Å².